The molecule has 102 valence electrons. The van der Waals surface area contributed by atoms with Crippen LogP contribution in [0.25, 0.3) is 0 Å². The molecule has 0 bridgehead atoms. The molecule has 1 aromatic rings. The molecule has 1 fully saturated rings. The number of phenols is 2. The molecule has 1 aliphatic rings. The number of carbonyl (C=O) groups excluding carboxylic acids is 2. The highest BCUT2D eigenvalue weighted by Crippen LogP contribution is 2.27. The smallest absolute Gasteiger partial charge is 0.255 e. The van der Waals surface area contributed by atoms with E-state index in [1.165, 1.54) is 18.2 Å². The number of carbonyl (C=O) groups is 2. The SMILES string of the molecule is O=C(CCNC(=O)c1cccc(O)c1O)NC1CC1. The third-order valence-electron chi connectivity index (χ3n) is 2.84. The maximum absolute atomic E-state index is 11.7. The van der Waals surface area contributed by atoms with Crippen LogP contribution in [0.2, 0.25) is 0 Å². The number of hydrogen-bond donors (Lipinski definition) is 4. The lowest BCUT2D eigenvalue weighted by Crippen LogP contribution is -2.31. The minimum Gasteiger partial charge on any atom is -0.504 e. The first-order chi connectivity index (χ1) is 9.08. The highest BCUT2D eigenvalue weighted by molar-refractivity contribution is 5.97. The minimum absolute atomic E-state index is 0.0115. The second-order valence-electron chi connectivity index (χ2n) is 4.52. The van der Waals surface area contributed by atoms with Gasteiger partial charge in [0, 0.05) is 19.0 Å². The summed E-state index contributed by atoms with van der Waals surface area (Å²) in [6.45, 7) is 0.187. The molecule has 19 heavy (non-hydrogen) atoms. The van der Waals surface area contributed by atoms with Crippen molar-refractivity contribution in [2.75, 3.05) is 6.54 Å². The van der Waals surface area contributed by atoms with Gasteiger partial charge in [0.15, 0.2) is 11.5 Å². The molecule has 0 atom stereocenters. The van der Waals surface area contributed by atoms with Gasteiger partial charge in [-0.3, -0.25) is 9.59 Å². The monoisotopic (exact) mass is 264 g/mol. The van der Waals surface area contributed by atoms with Gasteiger partial charge in [-0.05, 0) is 25.0 Å². The van der Waals surface area contributed by atoms with Crippen LogP contribution < -0.4 is 10.6 Å². The second-order valence-corrected chi connectivity index (χ2v) is 4.52. The van der Waals surface area contributed by atoms with E-state index in [-0.39, 0.29) is 30.2 Å². The maximum Gasteiger partial charge on any atom is 0.255 e. The molecule has 0 radical (unpaired) electrons. The van der Waals surface area contributed by atoms with Crippen LogP contribution in [0.5, 0.6) is 11.5 Å². The summed E-state index contributed by atoms with van der Waals surface area (Å²) in [4.78, 5) is 23.1. The zero-order valence-corrected chi connectivity index (χ0v) is 10.3. The predicted molar refractivity (Wildman–Crippen MR) is 67.9 cm³/mol. The summed E-state index contributed by atoms with van der Waals surface area (Å²) >= 11 is 0. The summed E-state index contributed by atoms with van der Waals surface area (Å²) in [6, 6.07) is 4.45. The number of hydrogen-bond acceptors (Lipinski definition) is 4. The van der Waals surface area contributed by atoms with Crippen molar-refractivity contribution in [1.82, 2.24) is 10.6 Å². The molecule has 0 unspecified atom stereocenters. The number of para-hydroxylation sites is 1. The van der Waals surface area contributed by atoms with E-state index in [1.807, 2.05) is 0 Å². The summed E-state index contributed by atoms with van der Waals surface area (Å²) < 4.78 is 0. The topological polar surface area (TPSA) is 98.7 Å². The van der Waals surface area contributed by atoms with E-state index >= 15 is 0 Å². The number of aromatic hydroxyl groups is 2. The molecular formula is C13H16N2O4. The van der Waals surface area contributed by atoms with E-state index in [1.54, 1.807) is 0 Å². The predicted octanol–water partition coefficient (Wildman–Crippen LogP) is 0.496. The van der Waals surface area contributed by atoms with Gasteiger partial charge in [-0.1, -0.05) is 6.07 Å². The van der Waals surface area contributed by atoms with Crippen molar-refractivity contribution < 1.29 is 19.8 Å². The van der Waals surface area contributed by atoms with Crippen LogP contribution in [0, 0.1) is 0 Å². The molecule has 1 saturated carbocycles. The fourth-order valence-corrected chi connectivity index (χ4v) is 1.63. The van der Waals surface area contributed by atoms with Crippen molar-refractivity contribution in [2.24, 2.45) is 0 Å². The highest BCUT2D eigenvalue weighted by atomic mass is 16.3. The van der Waals surface area contributed by atoms with Crippen LogP contribution in [0.1, 0.15) is 29.6 Å². The molecule has 0 saturated heterocycles. The van der Waals surface area contributed by atoms with Crippen LogP contribution in [0.4, 0.5) is 0 Å². The Hall–Kier alpha value is -2.24. The van der Waals surface area contributed by atoms with E-state index in [0.29, 0.717) is 6.04 Å². The number of rotatable bonds is 5. The Bertz CT molecular complexity index is 497. The van der Waals surface area contributed by atoms with Gasteiger partial charge >= 0.3 is 0 Å². The fraction of sp³-hybridized carbons (Fsp3) is 0.385. The first-order valence-corrected chi connectivity index (χ1v) is 6.16. The van der Waals surface area contributed by atoms with E-state index < -0.39 is 11.7 Å². The molecule has 2 amide bonds. The Labute approximate surface area is 110 Å². The molecule has 2 rings (SSSR count). The normalized spacial score (nSPS) is 13.9. The maximum atomic E-state index is 11.7. The third kappa shape index (κ3) is 3.61. The van der Waals surface area contributed by atoms with Gasteiger partial charge in [0.25, 0.3) is 5.91 Å². The summed E-state index contributed by atoms with van der Waals surface area (Å²) in [5.41, 5.74) is -0.0115. The van der Waals surface area contributed by atoms with E-state index in [4.69, 9.17) is 0 Å². The Morgan fingerprint density at radius 1 is 1.26 bits per heavy atom. The summed E-state index contributed by atoms with van der Waals surface area (Å²) in [6.07, 6.45) is 2.24. The lowest BCUT2D eigenvalue weighted by Gasteiger charge is -2.07. The summed E-state index contributed by atoms with van der Waals surface area (Å²) in [5, 5.41) is 24.1. The summed E-state index contributed by atoms with van der Waals surface area (Å²) in [7, 11) is 0. The van der Waals surface area contributed by atoms with Gasteiger partial charge in [-0.15, -0.1) is 0 Å². The van der Waals surface area contributed by atoms with Crippen LogP contribution in [0.3, 0.4) is 0 Å². The van der Waals surface area contributed by atoms with E-state index in [2.05, 4.69) is 10.6 Å². The van der Waals surface area contributed by atoms with Gasteiger partial charge in [0.1, 0.15) is 0 Å². The van der Waals surface area contributed by atoms with Crippen molar-refractivity contribution >= 4 is 11.8 Å². The largest absolute Gasteiger partial charge is 0.504 e. The van der Waals surface area contributed by atoms with Crippen LogP contribution in [-0.4, -0.2) is 34.6 Å². The van der Waals surface area contributed by atoms with Gasteiger partial charge in [0.05, 0.1) is 5.56 Å². The number of phenolic OH excluding ortho intramolecular Hbond substituents is 2. The number of nitrogens with one attached hydrogen (secondary N) is 2. The van der Waals surface area contributed by atoms with Crippen molar-refractivity contribution in [1.29, 1.82) is 0 Å². The molecule has 1 aromatic carbocycles. The number of benzene rings is 1. The number of amides is 2. The average Bonchev–Trinajstić information content (AvgIpc) is 3.16. The van der Waals surface area contributed by atoms with Crippen molar-refractivity contribution in [2.45, 2.75) is 25.3 Å². The lowest BCUT2D eigenvalue weighted by molar-refractivity contribution is -0.121. The lowest BCUT2D eigenvalue weighted by atomic mass is 10.1. The third-order valence-corrected chi connectivity index (χ3v) is 2.84. The summed E-state index contributed by atoms with van der Waals surface area (Å²) in [5.74, 6) is -1.42. The standard InChI is InChI=1S/C13H16N2O4/c16-10-3-1-2-9(12(10)18)13(19)14-7-6-11(17)15-8-4-5-8/h1-3,8,16,18H,4-7H2,(H,14,19)(H,15,17). The Morgan fingerprint density at radius 2 is 2.00 bits per heavy atom. The fourth-order valence-electron chi connectivity index (χ4n) is 1.63. The minimum atomic E-state index is -0.521. The molecule has 6 nitrogen and oxygen atoms in total. The molecule has 0 spiro atoms. The van der Waals surface area contributed by atoms with Crippen molar-refractivity contribution in [3.8, 4) is 11.5 Å². The first-order valence-electron chi connectivity index (χ1n) is 6.16. The molecule has 0 aromatic heterocycles. The van der Waals surface area contributed by atoms with Crippen molar-refractivity contribution in [3.63, 3.8) is 0 Å². The zero-order valence-electron chi connectivity index (χ0n) is 10.3. The second kappa shape index (κ2) is 5.60. The molecule has 6 heteroatoms. The van der Waals surface area contributed by atoms with Crippen LogP contribution in [-0.2, 0) is 4.79 Å². The van der Waals surface area contributed by atoms with Crippen molar-refractivity contribution in [3.05, 3.63) is 23.8 Å². The Morgan fingerprint density at radius 3 is 2.68 bits per heavy atom. The molecular weight excluding hydrogens is 248 g/mol. The Balaban J connectivity index is 1.80. The molecule has 1 aliphatic carbocycles. The zero-order chi connectivity index (χ0) is 13.8. The quantitative estimate of drug-likeness (QED) is 0.582. The highest BCUT2D eigenvalue weighted by Gasteiger charge is 2.23. The first kappa shape index (κ1) is 13.2. The van der Waals surface area contributed by atoms with Crippen LogP contribution >= 0.6 is 0 Å². The Kier molecular flexibility index (Phi) is 3.89. The molecule has 4 N–H and O–H groups in total. The van der Waals surface area contributed by atoms with Gasteiger partial charge in [0.2, 0.25) is 5.91 Å². The molecule has 0 heterocycles. The van der Waals surface area contributed by atoms with Gasteiger partial charge in [-0.25, -0.2) is 0 Å². The van der Waals surface area contributed by atoms with Gasteiger partial charge in [-0.2, -0.15) is 0 Å². The van der Waals surface area contributed by atoms with E-state index in [9.17, 15) is 19.8 Å². The van der Waals surface area contributed by atoms with Gasteiger partial charge < -0.3 is 20.8 Å². The average molecular weight is 264 g/mol. The van der Waals surface area contributed by atoms with Crippen LogP contribution in [0.15, 0.2) is 18.2 Å². The van der Waals surface area contributed by atoms with E-state index in [0.717, 1.165) is 12.8 Å². The molecule has 0 aliphatic heterocycles.